The average molecular weight is 340 g/mol. The van der Waals surface area contributed by atoms with Crippen LogP contribution in [0.15, 0.2) is 24.3 Å². The zero-order valence-corrected chi connectivity index (χ0v) is 14.0. The van der Waals surface area contributed by atoms with Gasteiger partial charge in [0.1, 0.15) is 11.5 Å². The van der Waals surface area contributed by atoms with Gasteiger partial charge in [0.05, 0.1) is 0 Å². The van der Waals surface area contributed by atoms with E-state index in [4.69, 9.17) is 20.4 Å². The largest absolute Gasteiger partial charge is 0.508 e. The lowest BCUT2D eigenvalue weighted by Crippen LogP contribution is -1.94. The van der Waals surface area contributed by atoms with E-state index in [2.05, 4.69) is 0 Å². The van der Waals surface area contributed by atoms with E-state index >= 15 is 0 Å². The quantitative estimate of drug-likeness (QED) is 0.450. The predicted molar refractivity (Wildman–Crippen MR) is 91.2 cm³/mol. The van der Waals surface area contributed by atoms with Gasteiger partial charge in [0, 0.05) is 18.9 Å². The first-order chi connectivity index (χ1) is 11.4. The second-order valence-corrected chi connectivity index (χ2v) is 5.64. The van der Waals surface area contributed by atoms with Crippen molar-refractivity contribution in [3.63, 3.8) is 0 Å². The monoisotopic (exact) mass is 340 g/mol. The summed E-state index contributed by atoms with van der Waals surface area (Å²) in [4.78, 5) is 20.4. The number of carboxylic acids is 2. The van der Waals surface area contributed by atoms with E-state index in [0.717, 1.165) is 51.4 Å². The molecule has 0 spiro atoms. The summed E-state index contributed by atoms with van der Waals surface area (Å²) in [6, 6.07) is 5.85. The number of benzene rings is 1. The van der Waals surface area contributed by atoms with Crippen molar-refractivity contribution in [2.45, 2.75) is 64.2 Å². The molecule has 0 unspecified atom stereocenters. The number of hydrogen-bond acceptors (Lipinski definition) is 4. The molecule has 0 bridgehead atoms. The number of carbonyl (C=O) groups is 2. The van der Waals surface area contributed by atoms with Gasteiger partial charge in [-0.15, -0.1) is 0 Å². The Kier molecular flexibility index (Phi) is 13.0. The first kappa shape index (κ1) is 21.8. The average Bonchev–Trinajstić information content (AvgIpc) is 2.49. The van der Waals surface area contributed by atoms with Crippen molar-refractivity contribution >= 4 is 11.9 Å². The molecule has 1 aromatic carbocycles. The third-order valence-corrected chi connectivity index (χ3v) is 3.36. The fraction of sp³-hybridized carbons (Fsp3) is 0.556. The Balaban J connectivity index is 0.000000546. The number of aliphatic carboxylic acids is 2. The van der Waals surface area contributed by atoms with Crippen molar-refractivity contribution in [2.75, 3.05) is 0 Å². The molecule has 6 heteroatoms. The summed E-state index contributed by atoms with van der Waals surface area (Å²) < 4.78 is 0. The third-order valence-electron chi connectivity index (χ3n) is 3.36. The number of carboxylic acid groups (broad SMARTS) is 2. The van der Waals surface area contributed by atoms with Crippen LogP contribution in [-0.2, 0) is 9.59 Å². The molecule has 0 radical (unpaired) electrons. The Morgan fingerprint density at radius 1 is 0.667 bits per heavy atom. The van der Waals surface area contributed by atoms with E-state index in [0.29, 0.717) is 0 Å². The number of rotatable bonds is 11. The molecule has 4 N–H and O–H groups in total. The summed E-state index contributed by atoms with van der Waals surface area (Å²) in [5, 5.41) is 34.1. The standard InChI is InChI=1S/C12H22O4.C6H6O2/c13-11(14)9-7-5-3-1-2-4-6-8-10-12(15)16;7-5-2-1-3-6(8)4-5/h1-10H2,(H,13,14)(H,15,16);1-4,7-8H. The molecule has 0 atom stereocenters. The highest BCUT2D eigenvalue weighted by molar-refractivity contribution is 5.66. The van der Waals surface area contributed by atoms with Crippen molar-refractivity contribution < 1.29 is 30.0 Å². The first-order valence-electron chi connectivity index (χ1n) is 8.33. The minimum Gasteiger partial charge on any atom is -0.508 e. The number of aromatic hydroxyl groups is 2. The molecule has 1 rings (SSSR count). The minimum atomic E-state index is -0.714. The Bertz CT molecular complexity index is 433. The Morgan fingerprint density at radius 3 is 1.25 bits per heavy atom. The molecule has 136 valence electrons. The minimum absolute atomic E-state index is 0.0880. The fourth-order valence-corrected chi connectivity index (χ4v) is 2.11. The van der Waals surface area contributed by atoms with Crippen LogP contribution in [0.25, 0.3) is 0 Å². The van der Waals surface area contributed by atoms with E-state index in [9.17, 15) is 9.59 Å². The van der Waals surface area contributed by atoms with E-state index in [1.165, 1.54) is 18.2 Å². The SMILES string of the molecule is O=C(O)CCCCCCCCCCC(=O)O.Oc1cccc(O)c1. The Hall–Kier alpha value is -2.24. The predicted octanol–water partition coefficient (Wildman–Crippen LogP) is 4.15. The molecule has 0 aliphatic heterocycles. The van der Waals surface area contributed by atoms with Gasteiger partial charge >= 0.3 is 11.9 Å². The van der Waals surface area contributed by atoms with Crippen LogP contribution in [0.3, 0.4) is 0 Å². The van der Waals surface area contributed by atoms with Gasteiger partial charge in [0.15, 0.2) is 0 Å². The summed E-state index contributed by atoms with van der Waals surface area (Å²) in [7, 11) is 0. The molecular formula is C18H28O6. The molecule has 0 amide bonds. The summed E-state index contributed by atoms with van der Waals surface area (Å²) in [6.45, 7) is 0. The zero-order chi connectivity index (χ0) is 18.2. The lowest BCUT2D eigenvalue weighted by molar-refractivity contribution is -0.138. The fourth-order valence-electron chi connectivity index (χ4n) is 2.11. The van der Waals surface area contributed by atoms with Crippen molar-refractivity contribution in [3.8, 4) is 11.5 Å². The zero-order valence-electron chi connectivity index (χ0n) is 14.0. The smallest absolute Gasteiger partial charge is 0.303 e. The van der Waals surface area contributed by atoms with E-state index < -0.39 is 11.9 Å². The van der Waals surface area contributed by atoms with Crippen LogP contribution in [0.5, 0.6) is 11.5 Å². The van der Waals surface area contributed by atoms with E-state index in [-0.39, 0.29) is 24.3 Å². The highest BCUT2D eigenvalue weighted by atomic mass is 16.4. The van der Waals surface area contributed by atoms with Gasteiger partial charge in [0.2, 0.25) is 0 Å². The normalized spacial score (nSPS) is 9.83. The van der Waals surface area contributed by atoms with E-state index in [1.807, 2.05) is 0 Å². The van der Waals surface area contributed by atoms with Gasteiger partial charge in [-0.25, -0.2) is 0 Å². The van der Waals surface area contributed by atoms with Crippen LogP contribution >= 0.6 is 0 Å². The number of phenolic OH excluding ortho intramolecular Hbond substituents is 2. The lowest BCUT2D eigenvalue weighted by Gasteiger charge is -2.00. The number of unbranched alkanes of at least 4 members (excludes halogenated alkanes) is 7. The molecule has 0 heterocycles. The molecule has 0 aromatic heterocycles. The number of hydrogen-bond donors (Lipinski definition) is 4. The van der Waals surface area contributed by atoms with Gasteiger partial charge in [-0.05, 0) is 25.0 Å². The lowest BCUT2D eigenvalue weighted by atomic mass is 10.1. The molecule has 0 fully saturated rings. The highest BCUT2D eigenvalue weighted by Crippen LogP contribution is 2.14. The maximum absolute atomic E-state index is 10.2. The van der Waals surface area contributed by atoms with Gasteiger partial charge in [0.25, 0.3) is 0 Å². The molecule has 0 saturated carbocycles. The van der Waals surface area contributed by atoms with Crippen LogP contribution in [0, 0.1) is 0 Å². The summed E-state index contributed by atoms with van der Waals surface area (Å²) in [5.41, 5.74) is 0. The van der Waals surface area contributed by atoms with Gasteiger partial charge in [-0.1, -0.05) is 44.6 Å². The summed E-state index contributed by atoms with van der Waals surface area (Å²) in [5.74, 6) is -1.25. The van der Waals surface area contributed by atoms with Crippen molar-refractivity contribution in [1.29, 1.82) is 0 Å². The van der Waals surface area contributed by atoms with Crippen molar-refractivity contribution in [2.24, 2.45) is 0 Å². The maximum Gasteiger partial charge on any atom is 0.303 e. The van der Waals surface area contributed by atoms with Gasteiger partial charge in [-0.2, -0.15) is 0 Å². The molecule has 0 aliphatic rings. The maximum atomic E-state index is 10.2. The van der Waals surface area contributed by atoms with Crippen LogP contribution in [0.4, 0.5) is 0 Å². The molecule has 6 nitrogen and oxygen atoms in total. The topological polar surface area (TPSA) is 115 Å². The molecule has 0 aliphatic carbocycles. The van der Waals surface area contributed by atoms with Gasteiger partial charge in [-0.3, -0.25) is 9.59 Å². The summed E-state index contributed by atoms with van der Waals surface area (Å²) >= 11 is 0. The first-order valence-corrected chi connectivity index (χ1v) is 8.33. The second kappa shape index (κ2) is 14.4. The van der Waals surface area contributed by atoms with Gasteiger partial charge < -0.3 is 20.4 Å². The highest BCUT2D eigenvalue weighted by Gasteiger charge is 1.98. The van der Waals surface area contributed by atoms with E-state index in [1.54, 1.807) is 6.07 Å². The second-order valence-electron chi connectivity index (χ2n) is 5.64. The Morgan fingerprint density at radius 2 is 1.00 bits per heavy atom. The van der Waals surface area contributed by atoms with Crippen LogP contribution in [-0.4, -0.2) is 32.4 Å². The molecule has 24 heavy (non-hydrogen) atoms. The van der Waals surface area contributed by atoms with Crippen molar-refractivity contribution in [3.05, 3.63) is 24.3 Å². The van der Waals surface area contributed by atoms with Crippen LogP contribution in [0.2, 0.25) is 0 Å². The van der Waals surface area contributed by atoms with Crippen LogP contribution in [0.1, 0.15) is 64.2 Å². The summed E-state index contributed by atoms with van der Waals surface area (Å²) in [6.07, 6.45) is 8.51. The molecular weight excluding hydrogens is 312 g/mol. The van der Waals surface area contributed by atoms with Crippen LogP contribution < -0.4 is 0 Å². The van der Waals surface area contributed by atoms with Crippen molar-refractivity contribution in [1.82, 2.24) is 0 Å². The Labute approximate surface area is 142 Å². The molecule has 0 saturated heterocycles. The third kappa shape index (κ3) is 16.1. The number of phenols is 2. The molecule has 1 aromatic rings.